The first kappa shape index (κ1) is 30.4. The molecule has 8 aromatic carbocycles. The van der Waals surface area contributed by atoms with Gasteiger partial charge in [-0.15, -0.1) is 0 Å². The number of benzene rings is 8. The molecule has 55 heavy (non-hydrogen) atoms. The molecule has 1 aliphatic carbocycles. The van der Waals surface area contributed by atoms with Crippen molar-refractivity contribution in [1.29, 1.82) is 0 Å². The van der Waals surface area contributed by atoms with Crippen LogP contribution in [-0.2, 0) is 5.41 Å². The molecule has 0 unspecified atom stereocenters. The number of hydrogen-bond donors (Lipinski definition) is 0. The van der Waals surface area contributed by atoms with Crippen molar-refractivity contribution in [1.82, 2.24) is 0 Å². The lowest BCUT2D eigenvalue weighted by molar-refractivity contribution is 0.660. The number of anilines is 3. The molecule has 4 heteroatoms. The Morgan fingerprint density at radius 1 is 0.382 bits per heavy atom. The number of rotatable bonds is 4. The normalized spacial score (nSPS) is 13.4. The molecule has 0 N–H and O–H groups in total. The molecule has 12 rings (SSSR count). The van der Waals surface area contributed by atoms with Crippen LogP contribution in [0.3, 0.4) is 0 Å². The Morgan fingerprint density at radius 3 is 1.69 bits per heavy atom. The van der Waals surface area contributed by atoms with E-state index in [2.05, 4.69) is 164 Å². The minimum atomic E-state index is -0.165. The van der Waals surface area contributed by atoms with Gasteiger partial charge in [0, 0.05) is 49.0 Å². The molecule has 3 heterocycles. The predicted octanol–water partition coefficient (Wildman–Crippen LogP) is 14.8. The SMILES string of the molecule is CC1(C)c2ccccc2-c2ccc(N(c3cccc4c3oc3ccccc34)c3cccc4c3oc3cc5c(cc34)oc3c(-c4ccccc4)cccc35)cc21. The van der Waals surface area contributed by atoms with Crippen LogP contribution in [0.2, 0.25) is 0 Å². The predicted molar refractivity (Wildman–Crippen MR) is 226 cm³/mol. The first-order chi connectivity index (χ1) is 27.0. The van der Waals surface area contributed by atoms with Crippen LogP contribution >= 0.6 is 0 Å². The molecule has 1 aliphatic rings. The van der Waals surface area contributed by atoms with Gasteiger partial charge >= 0.3 is 0 Å². The Kier molecular flexibility index (Phi) is 6.09. The van der Waals surface area contributed by atoms with Gasteiger partial charge in [-0.3, -0.25) is 0 Å². The lowest BCUT2D eigenvalue weighted by atomic mass is 9.82. The third kappa shape index (κ3) is 4.22. The van der Waals surface area contributed by atoms with Crippen molar-refractivity contribution in [2.75, 3.05) is 4.90 Å². The average Bonchev–Trinajstić information content (AvgIpc) is 3.96. The highest BCUT2D eigenvalue weighted by Crippen LogP contribution is 2.52. The highest BCUT2D eigenvalue weighted by Gasteiger charge is 2.36. The van der Waals surface area contributed by atoms with Crippen LogP contribution in [0, 0.1) is 0 Å². The Bertz CT molecular complexity index is 3360. The van der Waals surface area contributed by atoms with E-state index in [9.17, 15) is 0 Å². The van der Waals surface area contributed by atoms with Crippen molar-refractivity contribution in [2.24, 2.45) is 0 Å². The maximum Gasteiger partial charge on any atom is 0.159 e. The van der Waals surface area contributed by atoms with Crippen LogP contribution < -0.4 is 4.90 Å². The molecule has 0 bridgehead atoms. The molecule has 0 radical (unpaired) electrons. The van der Waals surface area contributed by atoms with E-state index < -0.39 is 0 Å². The smallest absolute Gasteiger partial charge is 0.159 e. The Labute approximate surface area is 316 Å². The van der Waals surface area contributed by atoms with Crippen LogP contribution in [-0.4, -0.2) is 0 Å². The topological polar surface area (TPSA) is 42.7 Å². The van der Waals surface area contributed by atoms with E-state index in [4.69, 9.17) is 13.3 Å². The average molecular weight is 708 g/mol. The van der Waals surface area contributed by atoms with Crippen molar-refractivity contribution in [3.8, 4) is 22.3 Å². The molecular weight excluding hydrogens is 675 g/mol. The van der Waals surface area contributed by atoms with Gasteiger partial charge in [-0.25, -0.2) is 0 Å². The Balaban J connectivity index is 1.11. The molecule has 260 valence electrons. The van der Waals surface area contributed by atoms with Gasteiger partial charge in [-0.05, 0) is 70.3 Å². The zero-order chi connectivity index (χ0) is 36.4. The quantitative estimate of drug-likeness (QED) is 0.183. The molecule has 0 saturated carbocycles. The maximum absolute atomic E-state index is 6.99. The third-order valence-corrected chi connectivity index (χ3v) is 11.9. The third-order valence-electron chi connectivity index (χ3n) is 11.9. The molecule has 11 aromatic rings. The highest BCUT2D eigenvalue weighted by molar-refractivity contribution is 6.19. The lowest BCUT2D eigenvalue weighted by Crippen LogP contribution is -2.16. The summed E-state index contributed by atoms with van der Waals surface area (Å²) in [5, 5.41) is 6.30. The number of para-hydroxylation sites is 4. The largest absolute Gasteiger partial charge is 0.455 e. The summed E-state index contributed by atoms with van der Waals surface area (Å²) in [6.45, 7) is 4.65. The fourth-order valence-corrected chi connectivity index (χ4v) is 9.24. The van der Waals surface area contributed by atoms with Crippen LogP contribution in [0.1, 0.15) is 25.0 Å². The van der Waals surface area contributed by atoms with Crippen molar-refractivity contribution >= 4 is 82.9 Å². The second-order valence-corrected chi connectivity index (χ2v) is 15.2. The van der Waals surface area contributed by atoms with Gasteiger partial charge in [0.2, 0.25) is 0 Å². The van der Waals surface area contributed by atoms with E-state index in [1.807, 2.05) is 18.2 Å². The van der Waals surface area contributed by atoms with E-state index in [-0.39, 0.29) is 5.41 Å². The molecular formula is C51H33NO3. The summed E-state index contributed by atoms with van der Waals surface area (Å²) in [4.78, 5) is 2.32. The molecule has 0 fully saturated rings. The van der Waals surface area contributed by atoms with Gasteiger partial charge in [0.25, 0.3) is 0 Å². The molecule has 0 atom stereocenters. The fourth-order valence-electron chi connectivity index (χ4n) is 9.24. The number of nitrogens with zero attached hydrogens (tertiary/aromatic N) is 1. The Morgan fingerprint density at radius 2 is 0.927 bits per heavy atom. The van der Waals surface area contributed by atoms with E-state index in [1.165, 1.54) is 22.3 Å². The summed E-state index contributed by atoms with van der Waals surface area (Å²) in [5.41, 5.74) is 15.2. The minimum Gasteiger partial charge on any atom is -0.455 e. The summed E-state index contributed by atoms with van der Waals surface area (Å²) in [6.07, 6.45) is 0. The van der Waals surface area contributed by atoms with Gasteiger partial charge in [0.05, 0.1) is 11.4 Å². The van der Waals surface area contributed by atoms with Crippen molar-refractivity contribution in [2.45, 2.75) is 19.3 Å². The summed E-state index contributed by atoms with van der Waals surface area (Å²) >= 11 is 0. The minimum absolute atomic E-state index is 0.165. The summed E-state index contributed by atoms with van der Waals surface area (Å²) in [6, 6.07) is 57.9. The molecule has 0 amide bonds. The van der Waals surface area contributed by atoms with Gasteiger partial charge in [-0.2, -0.15) is 0 Å². The summed E-state index contributed by atoms with van der Waals surface area (Å²) in [5.74, 6) is 0. The van der Waals surface area contributed by atoms with Crippen LogP contribution in [0.5, 0.6) is 0 Å². The van der Waals surface area contributed by atoms with E-state index in [1.54, 1.807) is 0 Å². The van der Waals surface area contributed by atoms with Crippen molar-refractivity contribution in [3.05, 3.63) is 175 Å². The van der Waals surface area contributed by atoms with Gasteiger partial charge in [-0.1, -0.05) is 135 Å². The van der Waals surface area contributed by atoms with Crippen LogP contribution in [0.4, 0.5) is 17.1 Å². The first-order valence-electron chi connectivity index (χ1n) is 18.8. The summed E-state index contributed by atoms with van der Waals surface area (Å²) < 4.78 is 20.4. The molecule has 0 aliphatic heterocycles. The second-order valence-electron chi connectivity index (χ2n) is 15.2. The zero-order valence-electron chi connectivity index (χ0n) is 30.3. The number of furan rings is 3. The zero-order valence-corrected chi connectivity index (χ0v) is 30.3. The van der Waals surface area contributed by atoms with Crippen molar-refractivity contribution in [3.63, 3.8) is 0 Å². The first-order valence-corrected chi connectivity index (χ1v) is 18.8. The van der Waals surface area contributed by atoms with Gasteiger partial charge in [0.1, 0.15) is 22.3 Å². The van der Waals surface area contributed by atoms with Crippen LogP contribution in [0.25, 0.3) is 88.1 Å². The summed E-state index contributed by atoms with van der Waals surface area (Å²) in [7, 11) is 0. The second kappa shape index (κ2) is 11.0. The van der Waals surface area contributed by atoms with E-state index in [0.29, 0.717) is 0 Å². The lowest BCUT2D eigenvalue weighted by Gasteiger charge is -2.28. The number of hydrogen-bond acceptors (Lipinski definition) is 4. The molecule has 0 saturated heterocycles. The monoisotopic (exact) mass is 707 g/mol. The molecule has 4 nitrogen and oxygen atoms in total. The maximum atomic E-state index is 6.99. The molecule has 3 aromatic heterocycles. The van der Waals surface area contributed by atoms with Gasteiger partial charge < -0.3 is 18.2 Å². The fraction of sp³-hybridized carbons (Fsp3) is 0.0588. The van der Waals surface area contributed by atoms with Crippen molar-refractivity contribution < 1.29 is 13.3 Å². The Hall–Kier alpha value is -7.04. The van der Waals surface area contributed by atoms with E-state index >= 15 is 0 Å². The van der Waals surface area contributed by atoms with Gasteiger partial charge in [0.15, 0.2) is 11.2 Å². The van der Waals surface area contributed by atoms with E-state index in [0.717, 1.165) is 94.0 Å². The molecule has 0 spiro atoms. The number of fused-ring (bicyclic) bond motifs is 12. The highest BCUT2D eigenvalue weighted by atomic mass is 16.3. The standard InChI is InChI=1S/C51H33NO3/c1-51(2)41-21-8-6-15-33(41)34-26-25-31(27-42(34)51)52(43-22-11-19-36-35-16-7-9-24-45(35)53-49(36)43)44-23-12-20-38-40-29-46-39(28-47(40)55-50(38)44)37-18-10-17-32(48(37)54-46)30-13-4-3-5-14-30/h3-29H,1-2H3. The van der Waals surface area contributed by atoms with Crippen LogP contribution in [0.15, 0.2) is 177 Å².